The van der Waals surface area contributed by atoms with Crippen LogP contribution in [0, 0.1) is 5.82 Å². The van der Waals surface area contributed by atoms with E-state index < -0.39 is 5.97 Å². The number of likely N-dealkylation sites (tertiary alicyclic amines) is 1. The van der Waals surface area contributed by atoms with Crippen LogP contribution in [0.2, 0.25) is 0 Å². The number of hydrogen-bond acceptors (Lipinski definition) is 4. The SMILES string of the molecule is O=C([O-])Cc1ccc2c(c1)N(C1CCN(CCc3cccc(F)c3)CC1)C(=O)C2. The lowest BCUT2D eigenvalue weighted by Gasteiger charge is -2.37. The minimum Gasteiger partial charge on any atom is -0.550 e. The van der Waals surface area contributed by atoms with Gasteiger partial charge in [0.25, 0.3) is 0 Å². The summed E-state index contributed by atoms with van der Waals surface area (Å²) in [6.07, 6.45) is 2.78. The average Bonchev–Trinajstić information content (AvgIpc) is 3.01. The van der Waals surface area contributed by atoms with Crippen molar-refractivity contribution in [1.82, 2.24) is 4.90 Å². The normalized spacial score (nSPS) is 17.6. The van der Waals surface area contributed by atoms with Gasteiger partial charge in [-0.25, -0.2) is 4.39 Å². The lowest BCUT2D eigenvalue weighted by atomic mass is 10.0. The van der Waals surface area contributed by atoms with Crippen molar-refractivity contribution in [3.8, 4) is 0 Å². The minimum atomic E-state index is -1.12. The third-order valence-corrected chi connectivity index (χ3v) is 5.90. The Kier molecular flexibility index (Phi) is 5.62. The molecule has 2 aliphatic rings. The standard InChI is InChI=1S/C23H25FN2O3/c24-19-3-1-2-16(12-19)6-9-25-10-7-20(8-11-25)26-21-13-17(14-23(28)29)4-5-18(21)15-22(26)27/h1-5,12-13,20H,6-11,14-15H2,(H,28,29)/p-1. The Morgan fingerprint density at radius 2 is 1.90 bits per heavy atom. The van der Waals surface area contributed by atoms with Gasteiger partial charge in [-0.1, -0.05) is 24.3 Å². The first-order valence-corrected chi connectivity index (χ1v) is 10.1. The first-order valence-electron chi connectivity index (χ1n) is 10.1. The molecule has 152 valence electrons. The third-order valence-electron chi connectivity index (χ3n) is 5.90. The van der Waals surface area contributed by atoms with Crippen LogP contribution in [0.15, 0.2) is 42.5 Å². The molecule has 0 radical (unpaired) electrons. The average molecular weight is 395 g/mol. The van der Waals surface area contributed by atoms with Crippen molar-refractivity contribution in [2.75, 3.05) is 24.5 Å². The number of carboxylic acids is 1. The van der Waals surface area contributed by atoms with E-state index in [2.05, 4.69) is 4.90 Å². The zero-order valence-corrected chi connectivity index (χ0v) is 16.3. The van der Waals surface area contributed by atoms with Crippen LogP contribution in [0.3, 0.4) is 0 Å². The lowest BCUT2D eigenvalue weighted by molar-refractivity contribution is -0.304. The van der Waals surface area contributed by atoms with E-state index in [0.29, 0.717) is 12.0 Å². The maximum atomic E-state index is 13.3. The summed E-state index contributed by atoms with van der Waals surface area (Å²) >= 11 is 0. The van der Waals surface area contributed by atoms with Crippen molar-refractivity contribution in [1.29, 1.82) is 0 Å². The molecule has 0 unspecified atom stereocenters. The number of hydrogen-bond donors (Lipinski definition) is 0. The number of carboxylic acid groups (broad SMARTS) is 1. The van der Waals surface area contributed by atoms with E-state index in [1.807, 2.05) is 23.1 Å². The highest BCUT2D eigenvalue weighted by molar-refractivity contribution is 6.02. The minimum absolute atomic E-state index is 0.0869. The summed E-state index contributed by atoms with van der Waals surface area (Å²) in [5.41, 5.74) is 3.48. The molecule has 29 heavy (non-hydrogen) atoms. The summed E-state index contributed by atoms with van der Waals surface area (Å²) in [5.74, 6) is -1.23. The first kappa shape index (κ1) is 19.6. The zero-order valence-electron chi connectivity index (χ0n) is 16.3. The monoisotopic (exact) mass is 395 g/mol. The summed E-state index contributed by atoms with van der Waals surface area (Å²) in [6, 6.07) is 12.3. The van der Waals surface area contributed by atoms with Gasteiger partial charge in [0.15, 0.2) is 0 Å². The zero-order chi connectivity index (χ0) is 20.4. The Balaban J connectivity index is 1.37. The highest BCUT2D eigenvalue weighted by atomic mass is 19.1. The molecular formula is C23H24FN2O3-. The second kappa shape index (κ2) is 8.33. The largest absolute Gasteiger partial charge is 0.550 e. The molecule has 0 bridgehead atoms. The molecule has 2 aromatic carbocycles. The molecule has 5 nitrogen and oxygen atoms in total. The lowest BCUT2D eigenvalue weighted by Crippen LogP contribution is -2.46. The molecule has 2 aliphatic heterocycles. The van der Waals surface area contributed by atoms with Gasteiger partial charge in [-0.05, 0) is 54.2 Å². The molecule has 2 heterocycles. The van der Waals surface area contributed by atoms with Crippen LogP contribution < -0.4 is 10.0 Å². The van der Waals surface area contributed by atoms with Crippen LogP contribution in [-0.2, 0) is 28.9 Å². The molecular weight excluding hydrogens is 371 g/mol. The molecule has 0 saturated carbocycles. The van der Waals surface area contributed by atoms with Gasteiger partial charge in [-0.3, -0.25) is 4.79 Å². The Morgan fingerprint density at radius 3 is 2.62 bits per heavy atom. The second-order valence-corrected chi connectivity index (χ2v) is 7.91. The molecule has 0 spiro atoms. The third kappa shape index (κ3) is 4.48. The predicted octanol–water partition coefficient (Wildman–Crippen LogP) is 1.71. The molecule has 0 atom stereocenters. The van der Waals surface area contributed by atoms with E-state index in [1.165, 1.54) is 6.07 Å². The fourth-order valence-corrected chi connectivity index (χ4v) is 4.42. The summed E-state index contributed by atoms with van der Waals surface area (Å²) in [7, 11) is 0. The van der Waals surface area contributed by atoms with E-state index >= 15 is 0 Å². The van der Waals surface area contributed by atoms with Gasteiger partial charge in [0.2, 0.25) is 5.91 Å². The van der Waals surface area contributed by atoms with Gasteiger partial charge in [-0.15, -0.1) is 0 Å². The van der Waals surface area contributed by atoms with Crippen LogP contribution in [-0.4, -0.2) is 42.5 Å². The number of carbonyl (C=O) groups is 2. The number of amides is 1. The Morgan fingerprint density at radius 1 is 1.10 bits per heavy atom. The van der Waals surface area contributed by atoms with Crippen LogP contribution >= 0.6 is 0 Å². The van der Waals surface area contributed by atoms with E-state index in [-0.39, 0.29) is 24.2 Å². The molecule has 2 aromatic rings. The number of benzene rings is 2. The van der Waals surface area contributed by atoms with Crippen LogP contribution in [0.25, 0.3) is 0 Å². The van der Waals surface area contributed by atoms with Crippen molar-refractivity contribution >= 4 is 17.6 Å². The predicted molar refractivity (Wildman–Crippen MR) is 106 cm³/mol. The molecule has 4 rings (SSSR count). The van der Waals surface area contributed by atoms with Crippen molar-refractivity contribution in [2.45, 2.75) is 38.1 Å². The number of anilines is 1. The van der Waals surface area contributed by atoms with Crippen LogP contribution in [0.1, 0.15) is 29.5 Å². The Hall–Kier alpha value is -2.73. The van der Waals surface area contributed by atoms with Gasteiger partial charge >= 0.3 is 0 Å². The molecule has 6 heteroatoms. The molecule has 1 fully saturated rings. The Bertz CT molecular complexity index is 922. The number of nitrogens with zero attached hydrogens (tertiary/aromatic N) is 2. The van der Waals surface area contributed by atoms with E-state index in [4.69, 9.17) is 0 Å². The smallest absolute Gasteiger partial charge is 0.231 e. The maximum Gasteiger partial charge on any atom is 0.231 e. The molecule has 1 amide bonds. The highest BCUT2D eigenvalue weighted by Crippen LogP contribution is 2.34. The number of piperidine rings is 1. The van der Waals surface area contributed by atoms with E-state index in [1.54, 1.807) is 18.2 Å². The maximum absolute atomic E-state index is 13.3. The van der Waals surface area contributed by atoms with E-state index in [9.17, 15) is 19.1 Å². The summed E-state index contributed by atoms with van der Waals surface area (Å²) in [5, 5.41) is 10.9. The molecule has 0 aliphatic carbocycles. The van der Waals surface area contributed by atoms with Crippen molar-refractivity contribution in [3.63, 3.8) is 0 Å². The van der Waals surface area contributed by atoms with Crippen molar-refractivity contribution in [3.05, 3.63) is 65.0 Å². The van der Waals surface area contributed by atoms with E-state index in [0.717, 1.165) is 55.7 Å². The van der Waals surface area contributed by atoms with Gasteiger partial charge in [0, 0.05) is 43.8 Å². The van der Waals surface area contributed by atoms with Gasteiger partial charge in [0.1, 0.15) is 5.82 Å². The van der Waals surface area contributed by atoms with Crippen LogP contribution in [0.5, 0.6) is 0 Å². The summed E-state index contributed by atoms with van der Waals surface area (Å²) in [6.45, 7) is 2.64. The van der Waals surface area contributed by atoms with Crippen LogP contribution in [0.4, 0.5) is 10.1 Å². The Labute approximate surface area is 169 Å². The number of carbonyl (C=O) groups excluding carboxylic acids is 2. The summed E-state index contributed by atoms with van der Waals surface area (Å²) in [4.78, 5) is 27.8. The molecule has 0 N–H and O–H groups in total. The van der Waals surface area contributed by atoms with Gasteiger partial charge < -0.3 is 19.7 Å². The molecule has 1 saturated heterocycles. The number of aliphatic carboxylic acids is 1. The quantitative estimate of drug-likeness (QED) is 0.747. The molecule has 0 aromatic heterocycles. The topological polar surface area (TPSA) is 63.7 Å². The number of rotatable bonds is 6. The second-order valence-electron chi connectivity index (χ2n) is 7.91. The number of halogens is 1. The van der Waals surface area contributed by atoms with Crippen molar-refractivity contribution < 1.29 is 19.1 Å². The highest BCUT2D eigenvalue weighted by Gasteiger charge is 2.34. The van der Waals surface area contributed by atoms with Gasteiger partial charge in [0.05, 0.1) is 6.42 Å². The summed E-state index contributed by atoms with van der Waals surface area (Å²) < 4.78 is 13.3. The van der Waals surface area contributed by atoms with Crippen molar-refractivity contribution in [2.24, 2.45) is 0 Å². The van der Waals surface area contributed by atoms with Gasteiger partial charge in [-0.2, -0.15) is 0 Å². The number of fused-ring (bicyclic) bond motifs is 1. The fourth-order valence-electron chi connectivity index (χ4n) is 4.42. The fraction of sp³-hybridized carbons (Fsp3) is 0.391. The first-order chi connectivity index (χ1) is 14.0.